The minimum atomic E-state index is -0.835. The number of aryl methyl sites for hydroxylation is 1. The Hall–Kier alpha value is -1.22. The van der Waals surface area contributed by atoms with E-state index in [4.69, 9.17) is 16.7 Å². The van der Waals surface area contributed by atoms with Crippen LogP contribution in [0.25, 0.3) is 0 Å². The van der Waals surface area contributed by atoms with Gasteiger partial charge in [0.1, 0.15) is 5.75 Å². The van der Waals surface area contributed by atoms with E-state index in [0.717, 1.165) is 11.1 Å². The molecule has 0 radical (unpaired) electrons. The maximum absolute atomic E-state index is 10.7. The lowest BCUT2D eigenvalue weighted by molar-refractivity contribution is -0.141. The number of phenolic OH excluding ortho intramolecular Hbond substituents is 1. The van der Waals surface area contributed by atoms with E-state index >= 15 is 0 Å². The second kappa shape index (κ2) is 4.53. The van der Waals surface area contributed by atoms with Crippen LogP contribution in [0.3, 0.4) is 0 Å². The fraction of sp³-hybridized carbons (Fsp3) is 0.364. The molecule has 3 nitrogen and oxygen atoms in total. The number of phenols is 1. The molecule has 1 aromatic rings. The molecular formula is C11H13ClO3. The maximum Gasteiger partial charge on any atom is 0.306 e. The van der Waals surface area contributed by atoms with Gasteiger partial charge in [-0.15, -0.1) is 0 Å². The van der Waals surface area contributed by atoms with Crippen LogP contribution in [-0.2, 0) is 11.2 Å². The zero-order chi connectivity index (χ0) is 11.6. The quantitative estimate of drug-likeness (QED) is 0.836. The molecule has 0 saturated carbocycles. The van der Waals surface area contributed by atoms with E-state index in [9.17, 15) is 9.90 Å². The van der Waals surface area contributed by atoms with Crippen molar-refractivity contribution in [3.8, 4) is 5.75 Å². The molecule has 4 heteroatoms. The van der Waals surface area contributed by atoms with Crippen LogP contribution >= 0.6 is 11.6 Å². The van der Waals surface area contributed by atoms with Gasteiger partial charge < -0.3 is 10.2 Å². The van der Waals surface area contributed by atoms with Crippen LogP contribution in [0.5, 0.6) is 5.75 Å². The molecule has 0 aromatic heterocycles. The van der Waals surface area contributed by atoms with Gasteiger partial charge in [0.05, 0.1) is 10.9 Å². The first-order chi connectivity index (χ1) is 6.91. The number of carboxylic acids is 1. The lowest BCUT2D eigenvalue weighted by Gasteiger charge is -2.10. The highest BCUT2D eigenvalue weighted by Gasteiger charge is 2.14. The summed E-state index contributed by atoms with van der Waals surface area (Å²) in [6.45, 7) is 3.46. The number of carboxylic acid groups (broad SMARTS) is 1. The molecule has 0 aliphatic rings. The van der Waals surface area contributed by atoms with Crippen molar-refractivity contribution in [3.63, 3.8) is 0 Å². The second-order valence-corrected chi connectivity index (χ2v) is 4.08. The highest BCUT2D eigenvalue weighted by Crippen LogP contribution is 2.27. The lowest BCUT2D eigenvalue weighted by atomic mass is 9.97. The van der Waals surface area contributed by atoms with Crippen molar-refractivity contribution >= 4 is 17.6 Å². The summed E-state index contributed by atoms with van der Waals surface area (Å²) in [5, 5.41) is 18.4. The number of aliphatic carboxylic acids is 1. The van der Waals surface area contributed by atoms with Crippen molar-refractivity contribution < 1.29 is 15.0 Å². The molecular weight excluding hydrogens is 216 g/mol. The van der Waals surface area contributed by atoms with Crippen LogP contribution in [0, 0.1) is 12.8 Å². The van der Waals surface area contributed by atoms with Gasteiger partial charge >= 0.3 is 5.97 Å². The van der Waals surface area contributed by atoms with Crippen molar-refractivity contribution in [1.82, 2.24) is 0 Å². The largest absolute Gasteiger partial charge is 0.506 e. The summed E-state index contributed by atoms with van der Waals surface area (Å²) in [7, 11) is 0. The van der Waals surface area contributed by atoms with Crippen LogP contribution in [0.4, 0.5) is 0 Å². The summed E-state index contributed by atoms with van der Waals surface area (Å²) in [5.41, 5.74) is 1.71. The summed E-state index contributed by atoms with van der Waals surface area (Å²) < 4.78 is 0. The molecule has 0 fully saturated rings. The molecule has 0 aliphatic carbocycles. The topological polar surface area (TPSA) is 57.5 Å². The van der Waals surface area contributed by atoms with Gasteiger partial charge in [-0.1, -0.05) is 18.5 Å². The third kappa shape index (κ3) is 2.86. The van der Waals surface area contributed by atoms with Crippen LogP contribution in [-0.4, -0.2) is 16.2 Å². The SMILES string of the molecule is Cc1cc(O)c(Cl)cc1CC(C)C(=O)O. The number of aromatic hydroxyl groups is 1. The Kier molecular flexibility index (Phi) is 3.58. The average molecular weight is 229 g/mol. The van der Waals surface area contributed by atoms with Gasteiger partial charge in [-0.3, -0.25) is 4.79 Å². The molecule has 1 unspecified atom stereocenters. The Morgan fingerprint density at radius 2 is 2.13 bits per heavy atom. The monoisotopic (exact) mass is 228 g/mol. The first-order valence-electron chi connectivity index (χ1n) is 4.62. The fourth-order valence-electron chi connectivity index (χ4n) is 1.34. The summed E-state index contributed by atoms with van der Waals surface area (Å²) in [6, 6.07) is 3.16. The molecule has 0 amide bonds. The van der Waals surface area contributed by atoms with Crippen LogP contribution < -0.4 is 0 Å². The van der Waals surface area contributed by atoms with Crippen LogP contribution in [0.2, 0.25) is 5.02 Å². The lowest BCUT2D eigenvalue weighted by Crippen LogP contribution is -2.12. The minimum Gasteiger partial charge on any atom is -0.506 e. The Morgan fingerprint density at radius 3 is 2.67 bits per heavy atom. The number of hydrogen-bond donors (Lipinski definition) is 2. The fourth-order valence-corrected chi connectivity index (χ4v) is 1.53. The number of halogens is 1. The number of carbonyl (C=O) groups is 1. The van der Waals surface area contributed by atoms with Crippen molar-refractivity contribution in [2.24, 2.45) is 5.92 Å². The molecule has 1 atom stereocenters. The van der Waals surface area contributed by atoms with Gasteiger partial charge in [0, 0.05) is 0 Å². The van der Waals surface area contributed by atoms with E-state index in [1.807, 2.05) is 6.92 Å². The summed E-state index contributed by atoms with van der Waals surface area (Å²) >= 11 is 5.75. The van der Waals surface area contributed by atoms with Crippen LogP contribution in [0.1, 0.15) is 18.1 Å². The zero-order valence-electron chi connectivity index (χ0n) is 8.62. The number of hydrogen-bond acceptors (Lipinski definition) is 2. The average Bonchev–Trinajstić information content (AvgIpc) is 2.13. The molecule has 2 N–H and O–H groups in total. The van der Waals surface area contributed by atoms with Crippen LogP contribution in [0.15, 0.2) is 12.1 Å². The molecule has 0 aliphatic heterocycles. The van der Waals surface area contributed by atoms with Gasteiger partial charge in [-0.25, -0.2) is 0 Å². The Labute approximate surface area is 93.3 Å². The summed E-state index contributed by atoms with van der Waals surface area (Å²) in [5.74, 6) is -1.26. The third-order valence-corrected chi connectivity index (χ3v) is 2.66. The zero-order valence-corrected chi connectivity index (χ0v) is 9.38. The highest BCUT2D eigenvalue weighted by molar-refractivity contribution is 6.32. The molecule has 1 rings (SSSR count). The second-order valence-electron chi connectivity index (χ2n) is 3.67. The normalized spacial score (nSPS) is 12.5. The molecule has 0 spiro atoms. The van der Waals surface area contributed by atoms with Crippen molar-refractivity contribution in [2.45, 2.75) is 20.3 Å². The van der Waals surface area contributed by atoms with Gasteiger partial charge in [0.2, 0.25) is 0 Å². The highest BCUT2D eigenvalue weighted by atomic mass is 35.5. The smallest absolute Gasteiger partial charge is 0.306 e. The van der Waals surface area contributed by atoms with E-state index in [0.29, 0.717) is 6.42 Å². The maximum atomic E-state index is 10.7. The standard InChI is InChI=1S/C11H13ClO3/c1-6-4-10(13)9(12)5-8(6)3-7(2)11(14)15/h4-5,7,13H,3H2,1-2H3,(H,14,15). The minimum absolute atomic E-state index is 0.0286. The van der Waals surface area contributed by atoms with Gasteiger partial charge in [0.15, 0.2) is 0 Å². The Bertz CT molecular complexity index is 388. The Morgan fingerprint density at radius 1 is 1.53 bits per heavy atom. The molecule has 1 aromatic carbocycles. The summed E-state index contributed by atoms with van der Waals surface area (Å²) in [6.07, 6.45) is 0.418. The molecule has 82 valence electrons. The van der Waals surface area contributed by atoms with E-state index in [1.54, 1.807) is 19.1 Å². The molecule has 0 bridgehead atoms. The van der Waals surface area contributed by atoms with Crippen molar-refractivity contribution in [1.29, 1.82) is 0 Å². The van der Waals surface area contributed by atoms with Crippen molar-refractivity contribution in [2.75, 3.05) is 0 Å². The molecule has 0 saturated heterocycles. The van der Waals surface area contributed by atoms with E-state index in [2.05, 4.69) is 0 Å². The van der Waals surface area contributed by atoms with Gasteiger partial charge in [-0.2, -0.15) is 0 Å². The third-order valence-electron chi connectivity index (χ3n) is 2.35. The predicted molar refractivity (Wildman–Crippen MR) is 58.4 cm³/mol. The molecule has 15 heavy (non-hydrogen) atoms. The number of rotatable bonds is 3. The van der Waals surface area contributed by atoms with Crippen molar-refractivity contribution in [3.05, 3.63) is 28.3 Å². The van der Waals surface area contributed by atoms with E-state index in [-0.39, 0.29) is 10.8 Å². The summed E-state index contributed by atoms with van der Waals surface area (Å²) in [4.78, 5) is 10.7. The van der Waals surface area contributed by atoms with Gasteiger partial charge in [-0.05, 0) is 36.6 Å². The first-order valence-corrected chi connectivity index (χ1v) is 5.00. The van der Waals surface area contributed by atoms with Gasteiger partial charge in [0.25, 0.3) is 0 Å². The number of benzene rings is 1. The van der Waals surface area contributed by atoms with E-state index < -0.39 is 11.9 Å². The van der Waals surface area contributed by atoms with E-state index in [1.165, 1.54) is 0 Å². The first kappa shape index (κ1) is 11.9. The Balaban J connectivity index is 2.95. The predicted octanol–water partition coefficient (Wildman–Crippen LogP) is 2.62. The molecule has 0 heterocycles.